The van der Waals surface area contributed by atoms with Gasteiger partial charge in [0.15, 0.2) is 4.34 Å². The average Bonchev–Trinajstić information content (AvgIpc) is 2.65. The Bertz CT molecular complexity index is 469. The van der Waals surface area contributed by atoms with Gasteiger partial charge < -0.3 is 5.32 Å². The van der Waals surface area contributed by atoms with Gasteiger partial charge in [-0.05, 0) is 25.6 Å². The Morgan fingerprint density at radius 1 is 1.38 bits per heavy atom. The summed E-state index contributed by atoms with van der Waals surface area (Å²) in [6, 6.07) is 0. The molecule has 0 saturated carbocycles. The summed E-state index contributed by atoms with van der Waals surface area (Å²) in [6.07, 6.45) is 3.48. The van der Waals surface area contributed by atoms with Gasteiger partial charge in [-0.1, -0.05) is 0 Å². The number of nitrogens with one attached hydrogen (secondary N) is 1. The van der Waals surface area contributed by atoms with E-state index in [-0.39, 0.29) is 0 Å². The molecule has 0 spiro atoms. The van der Waals surface area contributed by atoms with Crippen LogP contribution in [-0.4, -0.2) is 21.5 Å². The van der Waals surface area contributed by atoms with Gasteiger partial charge in [-0.25, -0.2) is 9.97 Å². The molecule has 0 saturated heterocycles. The Morgan fingerprint density at radius 3 is 2.94 bits per heavy atom. The Balaban J connectivity index is 2.12. The normalized spacial score (nSPS) is 10.4. The fourth-order valence-corrected chi connectivity index (χ4v) is 2.87. The number of aromatic nitrogens is 3. The van der Waals surface area contributed by atoms with Gasteiger partial charge in [-0.2, -0.15) is 0 Å². The van der Waals surface area contributed by atoms with Crippen LogP contribution in [0.15, 0.2) is 27.1 Å². The quantitative estimate of drug-likeness (QED) is 0.906. The summed E-state index contributed by atoms with van der Waals surface area (Å²) in [4.78, 5) is 12.9. The molecule has 6 heteroatoms. The Labute approximate surface area is 103 Å². The molecule has 2 heterocycles. The van der Waals surface area contributed by atoms with E-state index in [0.29, 0.717) is 0 Å². The van der Waals surface area contributed by atoms with Crippen molar-refractivity contribution in [3.63, 3.8) is 0 Å². The molecule has 0 fully saturated rings. The van der Waals surface area contributed by atoms with Crippen molar-refractivity contribution in [2.45, 2.75) is 23.2 Å². The standard InChI is InChI=1S/C10H12N4S2/c1-3-12-8-4-11-5-9(14-8)16-10-13-7(2)6-15-10/h4-6H,3H2,1-2H3,(H,12,14). The Hall–Kier alpha value is -1.14. The second kappa shape index (κ2) is 5.27. The van der Waals surface area contributed by atoms with Crippen molar-refractivity contribution >= 4 is 28.9 Å². The van der Waals surface area contributed by atoms with E-state index in [4.69, 9.17) is 0 Å². The fourth-order valence-electron chi connectivity index (χ4n) is 1.13. The van der Waals surface area contributed by atoms with E-state index in [0.717, 1.165) is 27.4 Å². The van der Waals surface area contributed by atoms with Gasteiger partial charge in [0.2, 0.25) is 0 Å². The van der Waals surface area contributed by atoms with Gasteiger partial charge in [0.25, 0.3) is 0 Å². The van der Waals surface area contributed by atoms with Crippen LogP contribution in [0.2, 0.25) is 0 Å². The lowest BCUT2D eigenvalue weighted by Crippen LogP contribution is -2.00. The fraction of sp³-hybridized carbons (Fsp3) is 0.300. The first-order chi connectivity index (χ1) is 7.78. The van der Waals surface area contributed by atoms with Gasteiger partial charge in [0, 0.05) is 17.6 Å². The summed E-state index contributed by atoms with van der Waals surface area (Å²) >= 11 is 3.17. The lowest BCUT2D eigenvalue weighted by molar-refractivity contribution is 1.03. The van der Waals surface area contributed by atoms with E-state index in [9.17, 15) is 0 Å². The molecule has 0 aliphatic heterocycles. The second-order valence-electron chi connectivity index (χ2n) is 3.13. The summed E-state index contributed by atoms with van der Waals surface area (Å²) in [7, 11) is 0. The molecule has 0 amide bonds. The van der Waals surface area contributed by atoms with Crippen LogP contribution in [0.5, 0.6) is 0 Å². The van der Waals surface area contributed by atoms with Crippen LogP contribution in [0.3, 0.4) is 0 Å². The first-order valence-corrected chi connectivity index (χ1v) is 6.63. The summed E-state index contributed by atoms with van der Waals surface area (Å²) in [5.74, 6) is 0.806. The lowest BCUT2D eigenvalue weighted by Gasteiger charge is -2.02. The summed E-state index contributed by atoms with van der Waals surface area (Å²) in [6.45, 7) is 4.87. The third-order valence-electron chi connectivity index (χ3n) is 1.76. The first-order valence-electron chi connectivity index (χ1n) is 4.94. The molecule has 0 unspecified atom stereocenters. The maximum atomic E-state index is 4.42. The molecule has 0 radical (unpaired) electrons. The minimum atomic E-state index is 0.806. The van der Waals surface area contributed by atoms with E-state index < -0.39 is 0 Å². The van der Waals surface area contributed by atoms with Crippen molar-refractivity contribution in [2.75, 3.05) is 11.9 Å². The zero-order chi connectivity index (χ0) is 11.4. The molecule has 84 valence electrons. The van der Waals surface area contributed by atoms with Gasteiger partial charge >= 0.3 is 0 Å². The molecular formula is C10H12N4S2. The summed E-state index contributed by atoms with van der Waals surface area (Å²) in [5, 5.41) is 6.03. The van der Waals surface area contributed by atoms with Crippen LogP contribution < -0.4 is 5.32 Å². The van der Waals surface area contributed by atoms with Crippen LogP contribution in [0.4, 0.5) is 5.82 Å². The highest BCUT2D eigenvalue weighted by Crippen LogP contribution is 2.28. The number of hydrogen-bond donors (Lipinski definition) is 1. The van der Waals surface area contributed by atoms with Gasteiger partial charge in [0.1, 0.15) is 10.8 Å². The number of nitrogens with zero attached hydrogens (tertiary/aromatic N) is 3. The molecule has 2 aromatic heterocycles. The molecule has 0 atom stereocenters. The molecule has 2 rings (SSSR count). The highest BCUT2D eigenvalue weighted by molar-refractivity contribution is 8.00. The molecular weight excluding hydrogens is 240 g/mol. The molecule has 1 N–H and O–H groups in total. The Morgan fingerprint density at radius 2 is 2.25 bits per heavy atom. The maximum absolute atomic E-state index is 4.42. The van der Waals surface area contributed by atoms with Crippen molar-refractivity contribution in [1.82, 2.24) is 15.0 Å². The summed E-state index contributed by atoms with van der Waals surface area (Å²) < 4.78 is 1.00. The van der Waals surface area contributed by atoms with Crippen molar-refractivity contribution < 1.29 is 0 Å². The second-order valence-corrected chi connectivity index (χ2v) is 5.26. The molecule has 16 heavy (non-hydrogen) atoms. The third-order valence-corrected chi connectivity index (χ3v) is 3.72. The highest BCUT2D eigenvalue weighted by Gasteiger charge is 2.04. The zero-order valence-electron chi connectivity index (χ0n) is 9.10. The minimum absolute atomic E-state index is 0.806. The number of aryl methyl sites for hydroxylation is 1. The Kier molecular flexibility index (Phi) is 3.74. The smallest absolute Gasteiger partial charge is 0.156 e. The summed E-state index contributed by atoms with van der Waals surface area (Å²) in [5.41, 5.74) is 1.04. The SMILES string of the molecule is CCNc1cncc(Sc2nc(C)cs2)n1. The topological polar surface area (TPSA) is 50.7 Å². The van der Waals surface area contributed by atoms with E-state index in [1.807, 2.05) is 19.2 Å². The molecule has 0 bridgehead atoms. The number of anilines is 1. The van der Waals surface area contributed by atoms with Crippen molar-refractivity contribution in [3.05, 3.63) is 23.5 Å². The van der Waals surface area contributed by atoms with Crippen LogP contribution in [0, 0.1) is 6.92 Å². The van der Waals surface area contributed by atoms with Crippen LogP contribution >= 0.6 is 23.1 Å². The van der Waals surface area contributed by atoms with Crippen LogP contribution in [0.1, 0.15) is 12.6 Å². The maximum Gasteiger partial charge on any atom is 0.156 e. The molecule has 0 aromatic carbocycles. The molecule has 2 aromatic rings. The number of thiazole rings is 1. The largest absolute Gasteiger partial charge is 0.369 e. The van der Waals surface area contributed by atoms with E-state index in [2.05, 4.69) is 20.3 Å². The van der Waals surface area contributed by atoms with E-state index in [1.54, 1.807) is 35.5 Å². The average molecular weight is 252 g/mol. The third kappa shape index (κ3) is 2.93. The van der Waals surface area contributed by atoms with Crippen molar-refractivity contribution in [2.24, 2.45) is 0 Å². The van der Waals surface area contributed by atoms with E-state index >= 15 is 0 Å². The van der Waals surface area contributed by atoms with Crippen LogP contribution in [0.25, 0.3) is 0 Å². The van der Waals surface area contributed by atoms with Crippen molar-refractivity contribution in [1.29, 1.82) is 0 Å². The van der Waals surface area contributed by atoms with E-state index in [1.165, 1.54) is 0 Å². The van der Waals surface area contributed by atoms with Crippen molar-refractivity contribution in [3.8, 4) is 0 Å². The zero-order valence-corrected chi connectivity index (χ0v) is 10.7. The predicted octanol–water partition coefficient (Wildman–Crippen LogP) is 2.82. The number of rotatable bonds is 4. The first kappa shape index (κ1) is 11.3. The van der Waals surface area contributed by atoms with Crippen LogP contribution in [-0.2, 0) is 0 Å². The molecule has 4 nitrogen and oxygen atoms in total. The van der Waals surface area contributed by atoms with Gasteiger partial charge in [-0.15, -0.1) is 11.3 Å². The molecule has 0 aliphatic rings. The minimum Gasteiger partial charge on any atom is -0.369 e. The van der Waals surface area contributed by atoms with Gasteiger partial charge in [-0.3, -0.25) is 4.98 Å². The van der Waals surface area contributed by atoms with Gasteiger partial charge in [0.05, 0.1) is 12.4 Å². The lowest BCUT2D eigenvalue weighted by atomic mass is 10.6. The number of hydrogen-bond acceptors (Lipinski definition) is 6. The highest BCUT2D eigenvalue weighted by atomic mass is 32.2. The molecule has 0 aliphatic carbocycles. The monoisotopic (exact) mass is 252 g/mol. The predicted molar refractivity (Wildman–Crippen MR) is 67.2 cm³/mol.